The Kier molecular flexibility index (Phi) is 3.51. The molecule has 0 heterocycles. The second-order valence-electron chi connectivity index (χ2n) is 2.14. The topological polar surface area (TPSA) is 24.7 Å². The van der Waals surface area contributed by atoms with Crippen molar-refractivity contribution < 1.29 is 0 Å². The number of hydrogen-bond donors (Lipinski definition) is 0. The van der Waals surface area contributed by atoms with Gasteiger partial charge in [-0.15, -0.1) is 0 Å². The molecule has 0 saturated heterocycles. The largest absolute Gasteiger partial charge is 0.272 e. The fourth-order valence-electron chi connectivity index (χ4n) is 0.743. The summed E-state index contributed by atoms with van der Waals surface area (Å²) in [5, 5.41) is 0. The lowest BCUT2D eigenvalue weighted by molar-refractivity contribution is 1.54. The van der Waals surface area contributed by atoms with E-state index in [0.29, 0.717) is 0 Å². The Morgan fingerprint density at radius 3 is 2.58 bits per heavy atom. The highest BCUT2D eigenvalue weighted by molar-refractivity contribution is 5.74. The van der Waals surface area contributed by atoms with E-state index in [1.807, 2.05) is 30.3 Å². The van der Waals surface area contributed by atoms with Gasteiger partial charge in [-0.1, -0.05) is 18.2 Å². The van der Waals surface area contributed by atoms with Gasteiger partial charge in [0.2, 0.25) is 0 Å². The number of allylic oxidation sites excluding steroid dienone is 1. The zero-order valence-corrected chi connectivity index (χ0v) is 6.72. The van der Waals surface area contributed by atoms with Crippen LogP contribution >= 0.6 is 0 Å². The van der Waals surface area contributed by atoms with E-state index in [4.69, 9.17) is 0 Å². The van der Waals surface area contributed by atoms with Gasteiger partial charge < -0.3 is 0 Å². The molecule has 0 aromatic heterocycles. The predicted octanol–water partition coefficient (Wildman–Crippen LogP) is 2.60. The summed E-state index contributed by atoms with van der Waals surface area (Å²) in [5.41, 5.74) is 0.936. The molecule has 1 rings (SSSR count). The monoisotopic (exact) mass is 158 g/mol. The fourth-order valence-corrected chi connectivity index (χ4v) is 0.743. The van der Waals surface area contributed by atoms with Crippen molar-refractivity contribution in [2.24, 2.45) is 9.98 Å². The molecule has 0 atom stereocenters. The number of rotatable bonds is 3. The summed E-state index contributed by atoms with van der Waals surface area (Å²) in [6.07, 6.45) is 5.01. The molecule has 0 radical (unpaired) electrons. The molecule has 0 aliphatic heterocycles. The molecule has 0 fully saturated rings. The lowest BCUT2D eigenvalue weighted by atomic mass is 10.3. The van der Waals surface area contributed by atoms with Gasteiger partial charge >= 0.3 is 0 Å². The molecule has 60 valence electrons. The van der Waals surface area contributed by atoms with Gasteiger partial charge in [0.15, 0.2) is 0 Å². The van der Waals surface area contributed by atoms with E-state index in [1.54, 1.807) is 18.5 Å². The molecule has 0 aliphatic rings. The van der Waals surface area contributed by atoms with Crippen LogP contribution in [0.15, 0.2) is 52.6 Å². The first-order valence-electron chi connectivity index (χ1n) is 3.63. The van der Waals surface area contributed by atoms with Crippen LogP contribution in [0.4, 0.5) is 5.69 Å². The maximum atomic E-state index is 4.14. The average Bonchev–Trinajstić information content (AvgIpc) is 2.14. The summed E-state index contributed by atoms with van der Waals surface area (Å²) < 4.78 is 0. The zero-order chi connectivity index (χ0) is 8.65. The molecule has 0 bridgehead atoms. The summed E-state index contributed by atoms with van der Waals surface area (Å²) >= 11 is 0. The van der Waals surface area contributed by atoms with Gasteiger partial charge in [-0.3, -0.25) is 9.98 Å². The van der Waals surface area contributed by atoms with E-state index in [2.05, 4.69) is 16.7 Å². The number of hydrogen-bond acceptors (Lipinski definition) is 2. The standard InChI is InChI=1S/C10H10N2/c1-11-8-5-9-12-10-6-3-2-4-7-10/h2-9H,1H2/b8-5-,12-9?. The molecule has 0 saturated carbocycles. The van der Waals surface area contributed by atoms with Crippen molar-refractivity contribution in [2.45, 2.75) is 0 Å². The van der Waals surface area contributed by atoms with Crippen molar-refractivity contribution in [1.29, 1.82) is 0 Å². The highest BCUT2D eigenvalue weighted by Crippen LogP contribution is 2.07. The average molecular weight is 158 g/mol. The lowest BCUT2D eigenvalue weighted by Crippen LogP contribution is -1.64. The Hall–Kier alpha value is -1.70. The van der Waals surface area contributed by atoms with Gasteiger partial charge in [-0.05, 0) is 24.9 Å². The van der Waals surface area contributed by atoms with E-state index >= 15 is 0 Å². The Bertz CT molecular complexity index is 286. The van der Waals surface area contributed by atoms with Crippen molar-refractivity contribution in [3.05, 3.63) is 42.6 Å². The molecule has 0 N–H and O–H groups in total. The van der Waals surface area contributed by atoms with Crippen LogP contribution in [0, 0.1) is 0 Å². The van der Waals surface area contributed by atoms with Crippen LogP contribution in [0.1, 0.15) is 0 Å². The highest BCUT2D eigenvalue weighted by atomic mass is 14.7. The zero-order valence-electron chi connectivity index (χ0n) is 6.72. The number of para-hydroxylation sites is 1. The second-order valence-corrected chi connectivity index (χ2v) is 2.14. The molecule has 1 aromatic carbocycles. The summed E-state index contributed by atoms with van der Waals surface area (Å²) in [6, 6.07) is 9.72. The van der Waals surface area contributed by atoms with Crippen molar-refractivity contribution in [2.75, 3.05) is 0 Å². The van der Waals surface area contributed by atoms with Gasteiger partial charge in [-0.2, -0.15) is 0 Å². The molecular formula is C10H10N2. The van der Waals surface area contributed by atoms with E-state index in [-0.39, 0.29) is 0 Å². The molecule has 12 heavy (non-hydrogen) atoms. The van der Waals surface area contributed by atoms with Gasteiger partial charge in [0.05, 0.1) is 5.69 Å². The SMILES string of the molecule is C=N/C=C\C=Nc1ccccc1. The predicted molar refractivity (Wildman–Crippen MR) is 53.3 cm³/mol. The minimum absolute atomic E-state index is 0.936. The lowest BCUT2D eigenvalue weighted by Gasteiger charge is -1.87. The van der Waals surface area contributed by atoms with Crippen LogP contribution < -0.4 is 0 Å². The number of aliphatic imine (C=N–C) groups is 2. The van der Waals surface area contributed by atoms with Gasteiger partial charge in [0.25, 0.3) is 0 Å². The van der Waals surface area contributed by atoms with Crippen molar-refractivity contribution in [3.8, 4) is 0 Å². The fraction of sp³-hybridized carbons (Fsp3) is 0. The van der Waals surface area contributed by atoms with Crippen LogP contribution in [-0.4, -0.2) is 12.9 Å². The quantitative estimate of drug-likeness (QED) is 0.604. The van der Waals surface area contributed by atoms with Crippen molar-refractivity contribution in [3.63, 3.8) is 0 Å². The van der Waals surface area contributed by atoms with Crippen molar-refractivity contribution in [1.82, 2.24) is 0 Å². The highest BCUT2D eigenvalue weighted by Gasteiger charge is 1.79. The summed E-state index contributed by atoms with van der Waals surface area (Å²) in [6.45, 7) is 3.31. The van der Waals surface area contributed by atoms with E-state index in [1.165, 1.54) is 0 Å². The Morgan fingerprint density at radius 1 is 1.17 bits per heavy atom. The third kappa shape index (κ3) is 2.92. The molecule has 0 aliphatic carbocycles. The van der Waals surface area contributed by atoms with E-state index < -0.39 is 0 Å². The Balaban J connectivity index is 2.58. The Morgan fingerprint density at radius 2 is 1.92 bits per heavy atom. The first kappa shape index (κ1) is 8.40. The van der Waals surface area contributed by atoms with Gasteiger partial charge in [-0.25, -0.2) is 0 Å². The van der Waals surface area contributed by atoms with E-state index in [0.717, 1.165) is 5.69 Å². The Labute approximate surface area is 72.0 Å². The minimum Gasteiger partial charge on any atom is -0.272 e. The first-order valence-corrected chi connectivity index (χ1v) is 3.63. The molecular weight excluding hydrogens is 148 g/mol. The van der Waals surface area contributed by atoms with Gasteiger partial charge in [0, 0.05) is 12.4 Å². The maximum absolute atomic E-state index is 4.14. The summed E-state index contributed by atoms with van der Waals surface area (Å²) in [5.74, 6) is 0. The third-order valence-electron chi connectivity index (χ3n) is 1.26. The third-order valence-corrected chi connectivity index (χ3v) is 1.26. The van der Waals surface area contributed by atoms with Crippen LogP contribution in [0.3, 0.4) is 0 Å². The molecule has 0 spiro atoms. The van der Waals surface area contributed by atoms with Gasteiger partial charge in [0.1, 0.15) is 0 Å². The van der Waals surface area contributed by atoms with Crippen LogP contribution in [0.5, 0.6) is 0 Å². The molecule has 0 amide bonds. The summed E-state index contributed by atoms with van der Waals surface area (Å²) in [4.78, 5) is 7.69. The second kappa shape index (κ2) is 5.02. The molecule has 1 aromatic rings. The van der Waals surface area contributed by atoms with Crippen LogP contribution in [0.25, 0.3) is 0 Å². The normalized spacial score (nSPS) is 11.0. The molecule has 2 nitrogen and oxygen atoms in total. The van der Waals surface area contributed by atoms with Crippen molar-refractivity contribution >= 4 is 18.6 Å². The minimum atomic E-state index is 0.936. The first-order chi connectivity index (χ1) is 5.93. The van der Waals surface area contributed by atoms with E-state index in [9.17, 15) is 0 Å². The van der Waals surface area contributed by atoms with Crippen LogP contribution in [-0.2, 0) is 0 Å². The summed E-state index contributed by atoms with van der Waals surface area (Å²) in [7, 11) is 0. The molecule has 2 heteroatoms. The smallest absolute Gasteiger partial charge is 0.0629 e. The van der Waals surface area contributed by atoms with Crippen LogP contribution in [0.2, 0.25) is 0 Å². The molecule has 0 unspecified atom stereocenters. The number of benzene rings is 1. The number of nitrogens with zero attached hydrogens (tertiary/aromatic N) is 2. The maximum Gasteiger partial charge on any atom is 0.0629 e.